The summed E-state index contributed by atoms with van der Waals surface area (Å²) >= 11 is 0. The van der Waals surface area contributed by atoms with Gasteiger partial charge in [-0.1, -0.05) is 91.0 Å². The van der Waals surface area contributed by atoms with Crippen LogP contribution in [-0.4, -0.2) is 0 Å². The molecule has 1 nitrogen and oxygen atoms in total. The predicted octanol–water partition coefficient (Wildman–Crippen LogP) is 6.52. The Morgan fingerprint density at radius 1 is 0.645 bits per heavy atom. The molecule has 4 aromatic carbocycles. The molecule has 4 aromatic rings. The van der Waals surface area contributed by atoms with E-state index < -0.39 is 19.7 Å². The summed E-state index contributed by atoms with van der Waals surface area (Å²) in [6, 6.07) is 31.3. The Labute approximate surface area is 181 Å². The number of hydrogen-bond donors (Lipinski definition) is 1. The van der Waals surface area contributed by atoms with Gasteiger partial charge in [-0.2, -0.15) is 13.2 Å². The fraction of sp³-hybridized carbons (Fsp3) is 0.0769. The molecule has 0 aromatic heterocycles. The van der Waals surface area contributed by atoms with Crippen LogP contribution >= 0.6 is 7.92 Å². The number of nitrogens with one attached hydrogen (secondary N) is 1. The largest absolute Gasteiger partial charge is 0.418 e. The number of aryl methyl sites for hydroxylation is 1. The molecule has 0 heterocycles. The minimum Gasteiger partial charge on any atom is -0.354 e. The van der Waals surface area contributed by atoms with Crippen molar-refractivity contribution in [2.24, 2.45) is 0 Å². The summed E-state index contributed by atoms with van der Waals surface area (Å²) in [6.07, 6.45) is -4.48. The highest BCUT2D eigenvalue weighted by Crippen LogP contribution is 2.42. The van der Waals surface area contributed by atoms with Gasteiger partial charge in [-0.05, 0) is 43.2 Å². The van der Waals surface area contributed by atoms with Gasteiger partial charge in [0.15, 0.2) is 0 Å². The summed E-state index contributed by atoms with van der Waals surface area (Å²) in [5.41, 5.74) is 1.00. The average molecular weight is 435 g/mol. The maximum absolute atomic E-state index is 14.1. The van der Waals surface area contributed by atoms with Crippen molar-refractivity contribution in [3.8, 4) is 0 Å². The van der Waals surface area contributed by atoms with Crippen LogP contribution in [0.1, 0.15) is 11.1 Å². The maximum Gasteiger partial charge on any atom is 0.418 e. The molecule has 31 heavy (non-hydrogen) atoms. The van der Waals surface area contributed by atoms with Gasteiger partial charge >= 0.3 is 6.18 Å². The first-order chi connectivity index (χ1) is 14.9. The second kappa shape index (κ2) is 8.95. The standard InChI is InChI=1S/C26H21F3NP/c1-19-11-8-9-17-23(19)30-25-22(26(27,28)29)16-10-18-24(25)31(20-12-4-2-5-13-20)21-14-6-3-7-15-21/h2-18,30H,1H3. The Bertz CT molecular complexity index is 1120. The molecule has 0 aliphatic heterocycles. The SMILES string of the molecule is Cc1ccccc1Nc1c(P(c2ccccc2)c2ccccc2)cccc1C(F)(F)F. The molecule has 156 valence electrons. The van der Waals surface area contributed by atoms with Crippen LogP contribution in [0, 0.1) is 6.92 Å². The fourth-order valence-corrected chi connectivity index (χ4v) is 5.95. The van der Waals surface area contributed by atoms with E-state index in [0.29, 0.717) is 11.0 Å². The molecule has 0 spiro atoms. The lowest BCUT2D eigenvalue weighted by molar-refractivity contribution is -0.136. The molecule has 0 unspecified atom stereocenters. The lowest BCUT2D eigenvalue weighted by atomic mass is 10.1. The van der Waals surface area contributed by atoms with Gasteiger partial charge in [-0.3, -0.25) is 0 Å². The third kappa shape index (κ3) is 4.65. The summed E-state index contributed by atoms with van der Waals surface area (Å²) in [5, 5.41) is 5.77. The Morgan fingerprint density at radius 2 is 1.19 bits per heavy atom. The smallest absolute Gasteiger partial charge is 0.354 e. The van der Waals surface area contributed by atoms with Crippen molar-refractivity contribution in [3.63, 3.8) is 0 Å². The molecule has 0 aliphatic carbocycles. The number of para-hydroxylation sites is 2. The zero-order chi connectivity index (χ0) is 21.8. The highest BCUT2D eigenvalue weighted by Gasteiger charge is 2.36. The second-order valence-electron chi connectivity index (χ2n) is 7.14. The van der Waals surface area contributed by atoms with Crippen molar-refractivity contribution in [1.29, 1.82) is 0 Å². The Morgan fingerprint density at radius 3 is 1.74 bits per heavy atom. The lowest BCUT2D eigenvalue weighted by Gasteiger charge is -2.26. The molecule has 5 heteroatoms. The third-order valence-corrected chi connectivity index (χ3v) is 7.51. The van der Waals surface area contributed by atoms with E-state index in [1.165, 1.54) is 6.07 Å². The average Bonchev–Trinajstić information content (AvgIpc) is 2.77. The van der Waals surface area contributed by atoms with Crippen LogP contribution in [0.2, 0.25) is 0 Å². The van der Waals surface area contributed by atoms with Crippen LogP contribution in [0.5, 0.6) is 0 Å². The molecule has 0 radical (unpaired) electrons. The Balaban J connectivity index is 1.96. The van der Waals surface area contributed by atoms with Crippen LogP contribution in [0.25, 0.3) is 0 Å². The van der Waals surface area contributed by atoms with Crippen LogP contribution in [0.3, 0.4) is 0 Å². The first kappa shape index (κ1) is 21.1. The summed E-state index contributed by atoms with van der Waals surface area (Å²) < 4.78 is 42.2. The second-order valence-corrected chi connectivity index (χ2v) is 9.33. The lowest BCUT2D eigenvalue weighted by Crippen LogP contribution is -2.25. The minimum atomic E-state index is -4.48. The molecule has 0 fully saturated rings. The molecule has 0 atom stereocenters. The zero-order valence-electron chi connectivity index (χ0n) is 16.9. The van der Waals surface area contributed by atoms with Crippen LogP contribution in [0.15, 0.2) is 103 Å². The quantitative estimate of drug-likeness (QED) is 0.352. The monoisotopic (exact) mass is 435 g/mol. The van der Waals surface area contributed by atoms with Crippen LogP contribution in [-0.2, 0) is 6.18 Å². The molecule has 0 aliphatic rings. The summed E-state index contributed by atoms with van der Waals surface area (Å²) in [4.78, 5) is 0. The van der Waals surface area contributed by atoms with E-state index in [9.17, 15) is 13.2 Å². The Kier molecular flexibility index (Phi) is 6.11. The van der Waals surface area contributed by atoms with Crippen molar-refractivity contribution in [2.75, 3.05) is 5.32 Å². The highest BCUT2D eigenvalue weighted by atomic mass is 31.1. The van der Waals surface area contributed by atoms with E-state index in [0.717, 1.165) is 22.2 Å². The number of benzene rings is 4. The van der Waals surface area contributed by atoms with Crippen molar-refractivity contribution in [1.82, 2.24) is 0 Å². The van der Waals surface area contributed by atoms with E-state index in [4.69, 9.17) is 0 Å². The van der Waals surface area contributed by atoms with Crippen molar-refractivity contribution >= 4 is 35.2 Å². The van der Waals surface area contributed by atoms with E-state index >= 15 is 0 Å². The minimum absolute atomic E-state index is 0.114. The van der Waals surface area contributed by atoms with Gasteiger partial charge in [0.05, 0.1) is 11.3 Å². The van der Waals surface area contributed by atoms with E-state index in [-0.39, 0.29) is 5.69 Å². The Hall–Kier alpha value is -3.10. The number of rotatable bonds is 5. The molecule has 0 saturated carbocycles. The molecule has 1 N–H and O–H groups in total. The third-order valence-electron chi connectivity index (χ3n) is 5.02. The van der Waals surface area contributed by atoms with Gasteiger partial charge in [0, 0.05) is 11.0 Å². The van der Waals surface area contributed by atoms with E-state index in [1.54, 1.807) is 6.07 Å². The summed E-state index contributed by atoms with van der Waals surface area (Å²) in [6.45, 7) is 1.88. The van der Waals surface area contributed by atoms with Crippen molar-refractivity contribution in [2.45, 2.75) is 13.1 Å². The molecule has 4 rings (SSSR count). The van der Waals surface area contributed by atoms with Gasteiger partial charge in [0.2, 0.25) is 0 Å². The van der Waals surface area contributed by atoms with Gasteiger partial charge in [0.1, 0.15) is 0 Å². The summed E-state index contributed by atoms with van der Waals surface area (Å²) in [7, 11) is -1.20. The zero-order valence-corrected chi connectivity index (χ0v) is 17.8. The number of hydrogen-bond acceptors (Lipinski definition) is 1. The van der Waals surface area contributed by atoms with E-state index in [1.807, 2.05) is 91.9 Å². The molecule has 0 amide bonds. The highest BCUT2D eigenvalue weighted by molar-refractivity contribution is 7.80. The first-order valence-corrected chi connectivity index (χ1v) is 11.2. The molecular weight excluding hydrogens is 414 g/mol. The topological polar surface area (TPSA) is 12.0 Å². The van der Waals surface area contributed by atoms with Crippen LogP contribution < -0.4 is 21.2 Å². The number of halogens is 3. The van der Waals surface area contributed by atoms with Crippen LogP contribution in [0.4, 0.5) is 24.5 Å². The first-order valence-electron chi connectivity index (χ1n) is 9.88. The van der Waals surface area contributed by atoms with Gasteiger partial charge < -0.3 is 5.32 Å². The number of anilines is 2. The molecule has 0 saturated heterocycles. The number of alkyl halides is 3. The van der Waals surface area contributed by atoms with E-state index in [2.05, 4.69) is 5.32 Å². The fourth-order valence-electron chi connectivity index (χ4n) is 3.52. The van der Waals surface area contributed by atoms with Crippen molar-refractivity contribution in [3.05, 3.63) is 114 Å². The summed E-state index contributed by atoms with van der Waals surface area (Å²) in [5.74, 6) is 0. The van der Waals surface area contributed by atoms with Crippen molar-refractivity contribution < 1.29 is 13.2 Å². The van der Waals surface area contributed by atoms with Gasteiger partial charge in [0.25, 0.3) is 0 Å². The normalized spacial score (nSPS) is 11.5. The van der Waals surface area contributed by atoms with Gasteiger partial charge in [-0.15, -0.1) is 0 Å². The van der Waals surface area contributed by atoms with Gasteiger partial charge in [-0.25, -0.2) is 0 Å². The predicted molar refractivity (Wildman–Crippen MR) is 125 cm³/mol. The maximum atomic E-state index is 14.1. The molecular formula is C26H21F3NP. The molecule has 0 bridgehead atoms.